The van der Waals surface area contributed by atoms with Crippen LogP contribution in [0.1, 0.15) is 137 Å². The van der Waals surface area contributed by atoms with Crippen molar-refractivity contribution in [2.24, 2.45) is 100 Å². The Morgan fingerprint density at radius 3 is 1.92 bits per heavy atom. The van der Waals surface area contributed by atoms with Gasteiger partial charge in [0.15, 0.2) is 0 Å². The van der Waals surface area contributed by atoms with Gasteiger partial charge in [-0.2, -0.15) is 0 Å². The number of hydrogen-bond donors (Lipinski definition) is 0. The Labute approximate surface area is 236 Å². The first-order valence-corrected chi connectivity index (χ1v) is 18.4. The van der Waals surface area contributed by atoms with Crippen LogP contribution in [0.2, 0.25) is 0 Å². The minimum absolute atomic E-state index is 0.718. The van der Waals surface area contributed by atoms with Crippen molar-refractivity contribution in [1.29, 1.82) is 0 Å². The van der Waals surface area contributed by atoms with E-state index in [4.69, 9.17) is 0 Å². The first-order valence-electron chi connectivity index (χ1n) is 18.4. The molecule has 8 fully saturated rings. The molecule has 0 saturated heterocycles. The van der Waals surface area contributed by atoms with Crippen LogP contribution in [-0.4, -0.2) is 0 Å². The highest BCUT2D eigenvalue weighted by Crippen LogP contribution is 2.76. The topological polar surface area (TPSA) is 0 Å². The lowest BCUT2D eigenvalue weighted by molar-refractivity contribution is -0.0712. The third kappa shape index (κ3) is 3.71. The zero-order valence-electron chi connectivity index (χ0n) is 25.8. The zero-order chi connectivity index (χ0) is 25.8. The van der Waals surface area contributed by atoms with Gasteiger partial charge in [-0.05, 0) is 164 Å². The molecule has 38 heavy (non-hydrogen) atoms. The molecule has 8 rings (SSSR count). The van der Waals surface area contributed by atoms with Gasteiger partial charge in [-0.25, -0.2) is 0 Å². The summed E-state index contributed by atoms with van der Waals surface area (Å²) in [4.78, 5) is 0. The molecule has 0 nitrogen and oxygen atoms in total. The predicted octanol–water partition coefficient (Wildman–Crippen LogP) is 10.7. The molecule has 0 aromatic heterocycles. The second-order valence-electron chi connectivity index (χ2n) is 18.1. The summed E-state index contributed by atoms with van der Waals surface area (Å²) < 4.78 is 0. The van der Waals surface area contributed by atoms with E-state index in [1.807, 2.05) is 0 Å². The van der Waals surface area contributed by atoms with E-state index in [1.165, 1.54) is 6.42 Å². The van der Waals surface area contributed by atoms with Crippen molar-refractivity contribution in [3.8, 4) is 0 Å². The van der Waals surface area contributed by atoms with Gasteiger partial charge in [-0.15, -0.1) is 0 Å². The summed E-state index contributed by atoms with van der Waals surface area (Å²) in [6, 6.07) is 0. The number of rotatable bonds is 1. The number of fused-ring (bicyclic) bond motifs is 12. The first-order chi connectivity index (χ1) is 18.4. The molecule has 8 aliphatic carbocycles. The van der Waals surface area contributed by atoms with E-state index >= 15 is 0 Å². The van der Waals surface area contributed by atoms with Gasteiger partial charge in [0.1, 0.15) is 0 Å². The minimum atomic E-state index is 0.718. The maximum atomic E-state index is 2.68. The van der Waals surface area contributed by atoms with Crippen LogP contribution in [0.25, 0.3) is 0 Å². The van der Waals surface area contributed by atoms with E-state index in [0.717, 1.165) is 100 Å². The molecular formula is C38H62. The van der Waals surface area contributed by atoms with Gasteiger partial charge in [0.25, 0.3) is 0 Å². The van der Waals surface area contributed by atoms with E-state index in [0.29, 0.717) is 0 Å². The van der Waals surface area contributed by atoms with Crippen LogP contribution in [0.15, 0.2) is 0 Å². The Hall–Kier alpha value is 0. The molecule has 15 atom stereocenters. The summed E-state index contributed by atoms with van der Waals surface area (Å²) in [6.07, 6.45) is 27.3. The van der Waals surface area contributed by atoms with E-state index < -0.39 is 0 Å². The smallest absolute Gasteiger partial charge is 0.0227 e. The third-order valence-electron chi connectivity index (χ3n) is 16.2. The summed E-state index contributed by atoms with van der Waals surface area (Å²) in [6.45, 7) is 10.7. The average molecular weight is 519 g/mol. The van der Waals surface area contributed by atoms with Crippen LogP contribution < -0.4 is 0 Å². The molecule has 0 aliphatic heterocycles. The fraction of sp³-hybridized carbons (Fsp3) is 1.00. The molecule has 1 spiro atoms. The highest BCUT2D eigenvalue weighted by molar-refractivity contribution is 5.18. The van der Waals surface area contributed by atoms with Gasteiger partial charge < -0.3 is 0 Å². The second kappa shape index (κ2) is 9.51. The lowest BCUT2D eigenvalue weighted by Gasteiger charge is -2.56. The molecule has 0 N–H and O–H groups in total. The molecule has 15 unspecified atom stereocenters. The van der Waals surface area contributed by atoms with Gasteiger partial charge in [0.2, 0.25) is 0 Å². The van der Waals surface area contributed by atoms with Crippen LogP contribution in [-0.2, 0) is 0 Å². The van der Waals surface area contributed by atoms with E-state index in [1.54, 1.807) is 103 Å². The first kappa shape index (κ1) is 25.7. The lowest BCUT2D eigenvalue weighted by atomic mass is 9.49. The summed E-state index contributed by atoms with van der Waals surface area (Å²) in [5.74, 6) is 17.3. The van der Waals surface area contributed by atoms with Crippen LogP contribution in [0.5, 0.6) is 0 Å². The molecule has 0 radical (unpaired) electrons. The van der Waals surface area contributed by atoms with Crippen molar-refractivity contribution < 1.29 is 0 Å². The lowest BCUT2D eigenvalue weighted by Crippen LogP contribution is -2.49. The van der Waals surface area contributed by atoms with Crippen LogP contribution in [0, 0.1) is 100 Å². The van der Waals surface area contributed by atoms with Gasteiger partial charge in [0, 0.05) is 0 Å². The van der Waals surface area contributed by atoms with Crippen molar-refractivity contribution >= 4 is 0 Å². The molecular weight excluding hydrogens is 456 g/mol. The van der Waals surface area contributed by atoms with Gasteiger partial charge >= 0.3 is 0 Å². The van der Waals surface area contributed by atoms with Gasteiger partial charge in [-0.1, -0.05) is 72.6 Å². The van der Waals surface area contributed by atoms with E-state index in [9.17, 15) is 0 Å². The number of hydrogen-bond acceptors (Lipinski definition) is 0. The standard InChI is InChI=1S/C38H62/c1-22(2)30-18-32-29-14-13-25-9-7-8-12-28(25)31(29)19-33(32)36-34-16-26-10-5-6-11-27(26)17-35(34)38(37(30)36)20-23(3)15-24(4)21-38/h22-37H,5-21H2,1-4H3. The van der Waals surface area contributed by atoms with Gasteiger partial charge in [0.05, 0.1) is 0 Å². The summed E-state index contributed by atoms with van der Waals surface area (Å²) >= 11 is 0. The Morgan fingerprint density at radius 1 is 0.526 bits per heavy atom. The summed E-state index contributed by atoms with van der Waals surface area (Å²) in [5, 5.41) is 0. The fourth-order valence-electron chi connectivity index (χ4n) is 15.7. The average Bonchev–Trinajstić information content (AvgIpc) is 3.40. The zero-order valence-corrected chi connectivity index (χ0v) is 25.8. The summed E-state index contributed by atoms with van der Waals surface area (Å²) in [5.41, 5.74) is 0.718. The van der Waals surface area contributed by atoms with Crippen molar-refractivity contribution in [1.82, 2.24) is 0 Å². The van der Waals surface area contributed by atoms with Crippen molar-refractivity contribution in [3.63, 3.8) is 0 Å². The van der Waals surface area contributed by atoms with Crippen molar-refractivity contribution in [2.45, 2.75) is 137 Å². The van der Waals surface area contributed by atoms with Crippen LogP contribution in [0.3, 0.4) is 0 Å². The molecule has 0 heterocycles. The van der Waals surface area contributed by atoms with Crippen molar-refractivity contribution in [2.75, 3.05) is 0 Å². The minimum Gasteiger partial charge on any atom is -0.0625 e. The summed E-state index contributed by atoms with van der Waals surface area (Å²) in [7, 11) is 0. The fourth-order valence-corrected chi connectivity index (χ4v) is 15.7. The maximum Gasteiger partial charge on any atom is -0.0227 e. The maximum absolute atomic E-state index is 2.68. The highest BCUT2D eigenvalue weighted by atomic mass is 14.7. The quantitative estimate of drug-likeness (QED) is 0.324. The Kier molecular flexibility index (Phi) is 6.43. The highest BCUT2D eigenvalue weighted by Gasteiger charge is 2.70. The molecule has 0 amide bonds. The van der Waals surface area contributed by atoms with Crippen molar-refractivity contribution in [3.05, 3.63) is 0 Å². The van der Waals surface area contributed by atoms with Crippen LogP contribution in [0.4, 0.5) is 0 Å². The normalized spacial score (nSPS) is 59.4. The van der Waals surface area contributed by atoms with E-state index in [-0.39, 0.29) is 0 Å². The second-order valence-corrected chi connectivity index (χ2v) is 18.1. The Balaban J connectivity index is 1.21. The SMILES string of the molecule is CC1CC(C)CC2(C1)C1CC3CCCCC3CC1C1C3CC4C5CCCCC5CCC4C3CC(C(C)C)C12. The molecule has 0 aromatic carbocycles. The van der Waals surface area contributed by atoms with Crippen LogP contribution >= 0.6 is 0 Å². The predicted molar refractivity (Wildman–Crippen MR) is 159 cm³/mol. The Morgan fingerprint density at radius 2 is 1.18 bits per heavy atom. The third-order valence-corrected chi connectivity index (χ3v) is 16.2. The molecule has 8 aliphatic rings. The molecule has 0 heteroatoms. The molecule has 8 saturated carbocycles. The van der Waals surface area contributed by atoms with Gasteiger partial charge in [-0.3, -0.25) is 0 Å². The van der Waals surface area contributed by atoms with E-state index in [2.05, 4.69) is 27.7 Å². The Bertz CT molecular complexity index is 859. The monoisotopic (exact) mass is 518 g/mol. The molecule has 214 valence electrons. The largest absolute Gasteiger partial charge is 0.0625 e. The molecule has 0 aromatic rings. The molecule has 0 bridgehead atoms.